The molecule has 1 saturated carbocycles. The monoisotopic (exact) mass is 423 g/mol. The number of aliphatic hydroxyl groups excluding tert-OH is 1. The Morgan fingerprint density at radius 1 is 1.13 bits per heavy atom. The predicted molar refractivity (Wildman–Crippen MR) is 116 cm³/mol. The van der Waals surface area contributed by atoms with E-state index in [9.17, 15) is 14.7 Å². The molecule has 2 heterocycles. The largest absolute Gasteiger partial charge is 0.507 e. The van der Waals surface area contributed by atoms with E-state index >= 15 is 0 Å². The standard InChI is InChI=1S/C25H29NO5/c1-16(2)15-31-19-12-10-17(11-13-19)23(27)21-22(20-9-6-14-30-20)26(25(29)24(21)28)18-7-4-3-5-8-18/h6,9-14,16,18,22,27H,3-5,7-8,15H2,1-2H3/b23-21-. The Bertz CT molecular complexity index is 952. The van der Waals surface area contributed by atoms with E-state index < -0.39 is 17.7 Å². The van der Waals surface area contributed by atoms with E-state index in [1.54, 1.807) is 41.3 Å². The quantitative estimate of drug-likeness (QED) is 0.399. The van der Waals surface area contributed by atoms with Gasteiger partial charge in [0.05, 0.1) is 18.4 Å². The van der Waals surface area contributed by atoms with Crippen LogP contribution in [0.4, 0.5) is 0 Å². The second kappa shape index (κ2) is 9.00. The van der Waals surface area contributed by atoms with Gasteiger partial charge in [0.1, 0.15) is 23.3 Å². The number of ketones is 1. The zero-order chi connectivity index (χ0) is 22.0. The molecule has 164 valence electrons. The normalized spacial score (nSPS) is 21.8. The molecule has 1 aliphatic carbocycles. The Morgan fingerprint density at radius 3 is 2.45 bits per heavy atom. The Morgan fingerprint density at radius 2 is 1.84 bits per heavy atom. The minimum absolute atomic E-state index is 0.0302. The molecular weight excluding hydrogens is 394 g/mol. The van der Waals surface area contributed by atoms with Crippen LogP contribution in [0, 0.1) is 5.92 Å². The number of Topliss-reactive ketones (excluding diaryl/α,β-unsaturated/α-hetero) is 1. The number of carbonyl (C=O) groups is 2. The van der Waals surface area contributed by atoms with Crippen molar-refractivity contribution in [2.75, 3.05) is 6.61 Å². The lowest BCUT2D eigenvalue weighted by molar-refractivity contribution is -0.142. The van der Waals surface area contributed by atoms with Gasteiger partial charge in [0.25, 0.3) is 11.7 Å². The summed E-state index contributed by atoms with van der Waals surface area (Å²) in [5.74, 6) is 0.167. The van der Waals surface area contributed by atoms with Gasteiger partial charge in [-0.2, -0.15) is 0 Å². The molecule has 0 bridgehead atoms. The molecule has 2 fully saturated rings. The Balaban J connectivity index is 1.71. The second-order valence-electron chi connectivity index (χ2n) is 8.74. The van der Waals surface area contributed by atoms with E-state index in [4.69, 9.17) is 9.15 Å². The molecule has 1 amide bonds. The van der Waals surface area contributed by atoms with Crippen molar-refractivity contribution in [3.05, 3.63) is 59.6 Å². The van der Waals surface area contributed by atoms with Gasteiger partial charge >= 0.3 is 0 Å². The van der Waals surface area contributed by atoms with E-state index in [-0.39, 0.29) is 17.4 Å². The van der Waals surface area contributed by atoms with Crippen LogP contribution in [-0.4, -0.2) is 34.3 Å². The van der Waals surface area contributed by atoms with Crippen molar-refractivity contribution in [1.82, 2.24) is 4.90 Å². The number of hydrogen-bond acceptors (Lipinski definition) is 5. The average molecular weight is 424 g/mol. The summed E-state index contributed by atoms with van der Waals surface area (Å²) in [6, 6.07) is 9.68. The average Bonchev–Trinajstić information content (AvgIpc) is 3.40. The zero-order valence-corrected chi connectivity index (χ0v) is 18.0. The third-order valence-corrected chi connectivity index (χ3v) is 5.97. The van der Waals surface area contributed by atoms with Crippen molar-refractivity contribution >= 4 is 17.4 Å². The number of rotatable bonds is 6. The lowest BCUT2D eigenvalue weighted by atomic mass is 9.92. The summed E-state index contributed by atoms with van der Waals surface area (Å²) in [4.78, 5) is 27.7. The number of likely N-dealkylation sites (tertiary alicyclic amines) is 1. The molecule has 1 atom stereocenters. The predicted octanol–water partition coefficient (Wildman–Crippen LogP) is 5.07. The Kier molecular flexibility index (Phi) is 6.16. The number of nitrogens with zero attached hydrogens (tertiary/aromatic N) is 1. The number of aliphatic hydroxyl groups is 1. The maximum atomic E-state index is 13.0. The van der Waals surface area contributed by atoms with E-state index in [2.05, 4.69) is 13.8 Å². The highest BCUT2D eigenvalue weighted by molar-refractivity contribution is 6.46. The third kappa shape index (κ3) is 4.24. The smallest absolute Gasteiger partial charge is 0.296 e. The van der Waals surface area contributed by atoms with Crippen molar-refractivity contribution < 1.29 is 23.8 Å². The number of carbonyl (C=O) groups excluding carboxylic acids is 2. The molecule has 2 aromatic rings. The van der Waals surface area contributed by atoms with Crippen molar-refractivity contribution in [2.45, 2.75) is 58.0 Å². The van der Waals surface area contributed by atoms with Crippen LogP contribution in [0.1, 0.15) is 63.3 Å². The molecule has 6 heteroatoms. The van der Waals surface area contributed by atoms with Gasteiger partial charge in [-0.05, 0) is 55.2 Å². The minimum atomic E-state index is -0.713. The van der Waals surface area contributed by atoms with Crippen molar-refractivity contribution in [3.8, 4) is 5.75 Å². The molecule has 1 unspecified atom stereocenters. The van der Waals surface area contributed by atoms with Crippen LogP contribution < -0.4 is 4.74 Å². The highest BCUT2D eigenvalue weighted by atomic mass is 16.5. The molecule has 1 saturated heterocycles. The third-order valence-electron chi connectivity index (χ3n) is 5.97. The van der Waals surface area contributed by atoms with Gasteiger partial charge in [0, 0.05) is 11.6 Å². The van der Waals surface area contributed by atoms with Crippen LogP contribution in [0.5, 0.6) is 5.75 Å². The van der Waals surface area contributed by atoms with E-state index in [1.807, 2.05) is 0 Å². The zero-order valence-electron chi connectivity index (χ0n) is 18.0. The highest BCUT2D eigenvalue weighted by Crippen LogP contribution is 2.43. The molecule has 0 spiro atoms. The van der Waals surface area contributed by atoms with Crippen molar-refractivity contribution in [3.63, 3.8) is 0 Å². The van der Waals surface area contributed by atoms with Gasteiger partial charge in [-0.25, -0.2) is 0 Å². The number of amides is 1. The Labute approximate surface area is 182 Å². The van der Waals surface area contributed by atoms with Gasteiger partial charge < -0.3 is 19.2 Å². The fraction of sp³-hybridized carbons (Fsp3) is 0.440. The molecule has 0 radical (unpaired) electrons. The van der Waals surface area contributed by atoms with Crippen molar-refractivity contribution in [2.24, 2.45) is 5.92 Å². The Hall–Kier alpha value is -3.02. The first kappa shape index (κ1) is 21.2. The summed E-state index contributed by atoms with van der Waals surface area (Å²) in [6.45, 7) is 4.73. The number of furan rings is 1. The number of hydrogen-bond donors (Lipinski definition) is 1. The van der Waals surface area contributed by atoms with E-state index in [0.717, 1.165) is 32.1 Å². The molecule has 2 aliphatic rings. The van der Waals surface area contributed by atoms with E-state index in [1.165, 1.54) is 6.26 Å². The van der Waals surface area contributed by atoms with Crippen LogP contribution in [-0.2, 0) is 9.59 Å². The summed E-state index contributed by atoms with van der Waals surface area (Å²) in [5, 5.41) is 11.1. The summed E-state index contributed by atoms with van der Waals surface area (Å²) in [7, 11) is 0. The van der Waals surface area contributed by atoms with Gasteiger partial charge in [0.2, 0.25) is 0 Å². The van der Waals surface area contributed by atoms with Crippen LogP contribution in [0.25, 0.3) is 5.76 Å². The van der Waals surface area contributed by atoms with Crippen LogP contribution in [0.3, 0.4) is 0 Å². The second-order valence-corrected chi connectivity index (χ2v) is 8.74. The molecule has 4 rings (SSSR count). The first-order chi connectivity index (χ1) is 15.0. The van der Waals surface area contributed by atoms with Gasteiger partial charge in [0.15, 0.2) is 0 Å². The van der Waals surface area contributed by atoms with Gasteiger partial charge in [-0.15, -0.1) is 0 Å². The molecule has 1 aromatic carbocycles. The van der Waals surface area contributed by atoms with Crippen LogP contribution >= 0.6 is 0 Å². The first-order valence-corrected chi connectivity index (χ1v) is 11.0. The first-order valence-electron chi connectivity index (χ1n) is 11.0. The molecule has 1 aromatic heterocycles. The number of benzene rings is 1. The molecule has 31 heavy (non-hydrogen) atoms. The topological polar surface area (TPSA) is 80.0 Å². The summed E-state index contributed by atoms with van der Waals surface area (Å²) in [6.07, 6.45) is 6.42. The number of ether oxygens (including phenoxy) is 1. The SMILES string of the molecule is CC(C)COc1ccc(/C(O)=C2/C(=O)C(=O)N(C3CCCCC3)C2c2ccco2)cc1. The molecule has 1 aliphatic heterocycles. The molecule has 6 nitrogen and oxygen atoms in total. The van der Waals surface area contributed by atoms with Gasteiger partial charge in [-0.1, -0.05) is 33.1 Å². The van der Waals surface area contributed by atoms with Crippen molar-refractivity contribution in [1.29, 1.82) is 0 Å². The maximum Gasteiger partial charge on any atom is 0.296 e. The summed E-state index contributed by atoms with van der Waals surface area (Å²) >= 11 is 0. The lowest BCUT2D eigenvalue weighted by Crippen LogP contribution is -2.40. The van der Waals surface area contributed by atoms with Gasteiger partial charge in [-0.3, -0.25) is 9.59 Å². The minimum Gasteiger partial charge on any atom is -0.507 e. The summed E-state index contributed by atoms with van der Waals surface area (Å²) in [5.41, 5.74) is 0.552. The molecule has 1 N–H and O–H groups in total. The summed E-state index contributed by atoms with van der Waals surface area (Å²) < 4.78 is 11.3. The van der Waals surface area contributed by atoms with E-state index in [0.29, 0.717) is 29.6 Å². The fourth-order valence-electron chi connectivity index (χ4n) is 4.44. The van der Waals surface area contributed by atoms with Crippen LogP contribution in [0.15, 0.2) is 52.7 Å². The molecular formula is C25H29NO5. The fourth-order valence-corrected chi connectivity index (χ4v) is 4.44. The van der Waals surface area contributed by atoms with Crippen LogP contribution in [0.2, 0.25) is 0 Å². The lowest BCUT2D eigenvalue weighted by Gasteiger charge is -2.34. The highest BCUT2D eigenvalue weighted by Gasteiger charge is 2.50. The maximum absolute atomic E-state index is 13.0.